The SMILES string of the molecule is CC(C)Cc1ccc(C(CC(C)C)NC(=O)c2cccc(COc3ccccc3)c2)cc1. The number of amides is 1. The van der Waals surface area contributed by atoms with E-state index in [1.165, 1.54) is 5.56 Å². The fourth-order valence-electron chi connectivity index (χ4n) is 3.83. The Bertz CT molecular complexity index is 978. The van der Waals surface area contributed by atoms with Gasteiger partial charge in [-0.3, -0.25) is 4.79 Å². The first-order chi connectivity index (χ1) is 15.4. The predicted molar refractivity (Wildman–Crippen MR) is 132 cm³/mol. The van der Waals surface area contributed by atoms with E-state index < -0.39 is 0 Å². The summed E-state index contributed by atoms with van der Waals surface area (Å²) in [7, 11) is 0. The van der Waals surface area contributed by atoms with Gasteiger partial charge in [-0.2, -0.15) is 0 Å². The van der Waals surface area contributed by atoms with Crippen LogP contribution in [0, 0.1) is 11.8 Å². The molecule has 0 heterocycles. The molecule has 0 bridgehead atoms. The molecule has 0 aliphatic heterocycles. The molecule has 1 atom stereocenters. The van der Waals surface area contributed by atoms with Gasteiger partial charge in [0, 0.05) is 5.56 Å². The van der Waals surface area contributed by atoms with Crippen molar-refractivity contribution >= 4 is 5.91 Å². The van der Waals surface area contributed by atoms with Gasteiger partial charge < -0.3 is 10.1 Å². The highest BCUT2D eigenvalue weighted by Crippen LogP contribution is 2.23. The Morgan fingerprint density at radius 1 is 0.812 bits per heavy atom. The Balaban J connectivity index is 1.69. The van der Waals surface area contributed by atoms with Gasteiger partial charge in [0.1, 0.15) is 12.4 Å². The quantitative estimate of drug-likeness (QED) is 0.377. The van der Waals surface area contributed by atoms with Gasteiger partial charge in [-0.25, -0.2) is 0 Å². The average Bonchev–Trinajstić information content (AvgIpc) is 2.78. The molecule has 1 amide bonds. The fraction of sp³-hybridized carbons (Fsp3) is 0.345. The minimum absolute atomic E-state index is 0.0141. The van der Waals surface area contributed by atoms with Crippen LogP contribution in [0.5, 0.6) is 5.75 Å². The van der Waals surface area contributed by atoms with Gasteiger partial charge in [0.05, 0.1) is 6.04 Å². The molecule has 0 spiro atoms. The van der Waals surface area contributed by atoms with E-state index in [-0.39, 0.29) is 11.9 Å². The summed E-state index contributed by atoms with van der Waals surface area (Å²) in [5.74, 6) is 1.87. The molecule has 3 rings (SSSR count). The van der Waals surface area contributed by atoms with Gasteiger partial charge in [0.2, 0.25) is 0 Å². The van der Waals surface area contributed by atoms with Crippen LogP contribution in [-0.2, 0) is 13.0 Å². The van der Waals surface area contributed by atoms with Gasteiger partial charge in [-0.15, -0.1) is 0 Å². The van der Waals surface area contributed by atoms with Gasteiger partial charge >= 0.3 is 0 Å². The third kappa shape index (κ3) is 7.26. The predicted octanol–water partition coefficient (Wildman–Crippen LogP) is 6.98. The first kappa shape index (κ1) is 23.6. The molecular weight excluding hydrogens is 394 g/mol. The second-order valence-electron chi connectivity index (χ2n) is 9.30. The highest BCUT2D eigenvalue weighted by molar-refractivity contribution is 5.94. The monoisotopic (exact) mass is 429 g/mol. The Morgan fingerprint density at radius 2 is 1.53 bits per heavy atom. The minimum Gasteiger partial charge on any atom is -0.489 e. The van der Waals surface area contributed by atoms with Crippen LogP contribution in [0.1, 0.15) is 67.2 Å². The second kappa shape index (κ2) is 11.5. The lowest BCUT2D eigenvalue weighted by atomic mass is 9.94. The molecule has 32 heavy (non-hydrogen) atoms. The number of hydrogen-bond donors (Lipinski definition) is 1. The Labute approximate surface area is 192 Å². The molecule has 168 valence electrons. The maximum atomic E-state index is 13.1. The van der Waals surface area contributed by atoms with Crippen LogP contribution in [0.4, 0.5) is 0 Å². The van der Waals surface area contributed by atoms with Crippen molar-refractivity contribution < 1.29 is 9.53 Å². The molecule has 0 radical (unpaired) electrons. The van der Waals surface area contributed by atoms with E-state index in [4.69, 9.17) is 4.74 Å². The molecule has 1 unspecified atom stereocenters. The van der Waals surface area contributed by atoms with Crippen molar-refractivity contribution in [2.24, 2.45) is 11.8 Å². The van der Waals surface area contributed by atoms with Gasteiger partial charge in [-0.1, -0.05) is 82.3 Å². The number of carbonyl (C=O) groups excluding carboxylic acids is 1. The van der Waals surface area contributed by atoms with E-state index in [9.17, 15) is 4.79 Å². The zero-order valence-electron chi connectivity index (χ0n) is 19.7. The Kier molecular flexibility index (Phi) is 8.49. The number of nitrogens with one attached hydrogen (secondary N) is 1. The maximum Gasteiger partial charge on any atom is 0.251 e. The molecule has 3 aromatic carbocycles. The molecule has 3 nitrogen and oxygen atoms in total. The van der Waals surface area contributed by atoms with E-state index in [1.54, 1.807) is 0 Å². The van der Waals surface area contributed by atoms with Gasteiger partial charge in [0.25, 0.3) is 5.91 Å². The highest BCUT2D eigenvalue weighted by Gasteiger charge is 2.18. The van der Waals surface area contributed by atoms with Crippen LogP contribution in [0.25, 0.3) is 0 Å². The first-order valence-corrected chi connectivity index (χ1v) is 11.6. The van der Waals surface area contributed by atoms with Crippen LogP contribution in [0.3, 0.4) is 0 Å². The van der Waals surface area contributed by atoms with Crippen LogP contribution in [0.2, 0.25) is 0 Å². The summed E-state index contributed by atoms with van der Waals surface area (Å²) in [6, 6.07) is 26.1. The maximum absolute atomic E-state index is 13.1. The normalized spacial score (nSPS) is 12.1. The van der Waals surface area contributed by atoms with Gasteiger partial charge in [0.15, 0.2) is 0 Å². The molecule has 0 saturated heterocycles. The van der Waals surface area contributed by atoms with E-state index >= 15 is 0 Å². The summed E-state index contributed by atoms with van der Waals surface area (Å²) in [6.45, 7) is 9.27. The number of rotatable bonds is 10. The summed E-state index contributed by atoms with van der Waals surface area (Å²) in [4.78, 5) is 13.1. The molecule has 0 fully saturated rings. The molecule has 0 aliphatic carbocycles. The van der Waals surface area contributed by atoms with Crippen molar-refractivity contribution in [1.29, 1.82) is 0 Å². The molecule has 0 aromatic heterocycles. The van der Waals surface area contributed by atoms with Crippen molar-refractivity contribution in [2.75, 3.05) is 0 Å². The summed E-state index contributed by atoms with van der Waals surface area (Å²) >= 11 is 0. The zero-order chi connectivity index (χ0) is 22.9. The number of hydrogen-bond acceptors (Lipinski definition) is 2. The van der Waals surface area contributed by atoms with Crippen molar-refractivity contribution in [3.63, 3.8) is 0 Å². The average molecular weight is 430 g/mol. The standard InChI is InChI=1S/C29H35NO2/c1-21(2)17-23-13-15-25(16-14-23)28(18-22(3)4)30-29(31)26-10-8-9-24(19-26)20-32-27-11-6-5-7-12-27/h5-16,19,21-22,28H,17-18,20H2,1-4H3,(H,30,31). The number of para-hydroxylation sites is 1. The third-order valence-electron chi connectivity index (χ3n) is 5.38. The molecule has 0 aliphatic rings. The molecule has 1 N–H and O–H groups in total. The molecule has 3 heteroatoms. The van der Waals surface area contributed by atoms with Gasteiger partial charge in [-0.05, 0) is 65.6 Å². The summed E-state index contributed by atoms with van der Waals surface area (Å²) in [6.07, 6.45) is 1.96. The lowest BCUT2D eigenvalue weighted by molar-refractivity contribution is 0.0931. The van der Waals surface area contributed by atoms with Crippen LogP contribution < -0.4 is 10.1 Å². The fourth-order valence-corrected chi connectivity index (χ4v) is 3.83. The second-order valence-corrected chi connectivity index (χ2v) is 9.30. The lowest BCUT2D eigenvalue weighted by Crippen LogP contribution is -2.29. The number of ether oxygens (including phenoxy) is 1. The Hall–Kier alpha value is -3.07. The van der Waals surface area contributed by atoms with Crippen LogP contribution in [-0.4, -0.2) is 5.91 Å². The van der Waals surface area contributed by atoms with E-state index in [0.717, 1.165) is 29.7 Å². The summed E-state index contributed by atoms with van der Waals surface area (Å²) in [5, 5.41) is 3.26. The van der Waals surface area contributed by atoms with Crippen molar-refractivity contribution in [2.45, 2.75) is 53.2 Å². The number of benzene rings is 3. The third-order valence-corrected chi connectivity index (χ3v) is 5.38. The molecule has 3 aromatic rings. The summed E-state index contributed by atoms with van der Waals surface area (Å²) < 4.78 is 5.84. The van der Waals surface area contributed by atoms with Crippen molar-refractivity contribution in [3.8, 4) is 5.75 Å². The number of carbonyl (C=O) groups is 1. The van der Waals surface area contributed by atoms with E-state index in [1.807, 2.05) is 54.6 Å². The van der Waals surface area contributed by atoms with E-state index in [0.29, 0.717) is 24.0 Å². The largest absolute Gasteiger partial charge is 0.489 e. The molecule has 0 saturated carbocycles. The Morgan fingerprint density at radius 3 is 2.19 bits per heavy atom. The smallest absolute Gasteiger partial charge is 0.251 e. The first-order valence-electron chi connectivity index (χ1n) is 11.6. The van der Waals surface area contributed by atoms with Crippen LogP contribution >= 0.6 is 0 Å². The van der Waals surface area contributed by atoms with Crippen molar-refractivity contribution in [3.05, 3.63) is 101 Å². The minimum atomic E-state index is -0.0523. The van der Waals surface area contributed by atoms with Crippen LogP contribution in [0.15, 0.2) is 78.9 Å². The topological polar surface area (TPSA) is 38.3 Å². The summed E-state index contributed by atoms with van der Waals surface area (Å²) in [5.41, 5.74) is 4.12. The lowest BCUT2D eigenvalue weighted by Gasteiger charge is -2.22. The molecular formula is C29H35NO2. The zero-order valence-corrected chi connectivity index (χ0v) is 19.7. The highest BCUT2D eigenvalue weighted by atomic mass is 16.5. The van der Waals surface area contributed by atoms with E-state index in [2.05, 4.69) is 57.3 Å². The van der Waals surface area contributed by atoms with Crippen molar-refractivity contribution in [1.82, 2.24) is 5.32 Å².